The number of aryl methyl sites for hydroxylation is 2. The van der Waals surface area contributed by atoms with Gasteiger partial charge < -0.3 is 4.98 Å². The van der Waals surface area contributed by atoms with Crippen LogP contribution in [0.5, 0.6) is 0 Å². The normalized spacial score (nSPS) is 11.1. The van der Waals surface area contributed by atoms with Gasteiger partial charge in [0, 0.05) is 12.1 Å². The number of benzene rings is 1. The van der Waals surface area contributed by atoms with Crippen molar-refractivity contribution >= 4 is 28.1 Å². The summed E-state index contributed by atoms with van der Waals surface area (Å²) in [5, 5.41) is 0. The first-order valence-corrected chi connectivity index (χ1v) is 7.92. The molecule has 1 aromatic carbocycles. The fourth-order valence-corrected chi connectivity index (χ4v) is 3.24. The van der Waals surface area contributed by atoms with Gasteiger partial charge in [-0.2, -0.15) is 0 Å². The van der Waals surface area contributed by atoms with Crippen LogP contribution in [0, 0.1) is 18.5 Å². The minimum absolute atomic E-state index is 0.382. The Morgan fingerprint density at radius 3 is 2.35 bits per heavy atom. The quantitative estimate of drug-likeness (QED) is 0.767. The molecule has 1 heterocycles. The summed E-state index contributed by atoms with van der Waals surface area (Å²) >= 11 is 8.86. The van der Waals surface area contributed by atoms with Crippen LogP contribution in [-0.2, 0) is 6.42 Å². The van der Waals surface area contributed by atoms with Gasteiger partial charge in [-0.1, -0.05) is 55.4 Å². The molecule has 0 saturated heterocycles. The van der Waals surface area contributed by atoms with Crippen molar-refractivity contribution in [1.29, 1.82) is 0 Å². The van der Waals surface area contributed by atoms with E-state index in [1.54, 1.807) is 0 Å². The molecule has 20 heavy (non-hydrogen) atoms. The molecule has 0 atom stereocenters. The van der Waals surface area contributed by atoms with E-state index in [1.807, 2.05) is 0 Å². The van der Waals surface area contributed by atoms with Gasteiger partial charge in [0.1, 0.15) is 10.5 Å². The molecular formula is C16H19BrN2S. The van der Waals surface area contributed by atoms with Gasteiger partial charge in [-0.3, -0.25) is 0 Å². The monoisotopic (exact) mass is 350 g/mol. The Morgan fingerprint density at radius 1 is 1.20 bits per heavy atom. The third-order valence-corrected chi connectivity index (χ3v) is 4.53. The van der Waals surface area contributed by atoms with Crippen LogP contribution in [-0.4, -0.2) is 9.97 Å². The highest BCUT2D eigenvalue weighted by Crippen LogP contribution is 2.24. The third-order valence-electron chi connectivity index (χ3n) is 3.17. The molecule has 0 unspecified atom stereocenters. The van der Waals surface area contributed by atoms with Crippen molar-refractivity contribution in [3.05, 3.63) is 55.5 Å². The maximum Gasteiger partial charge on any atom is 0.144 e. The van der Waals surface area contributed by atoms with Gasteiger partial charge in [0.2, 0.25) is 0 Å². The first-order chi connectivity index (χ1) is 9.36. The Hall–Kier alpha value is -1.00. The molecular weight excluding hydrogens is 332 g/mol. The summed E-state index contributed by atoms with van der Waals surface area (Å²) in [6.07, 6.45) is 0.777. The van der Waals surface area contributed by atoms with Crippen molar-refractivity contribution in [2.24, 2.45) is 0 Å². The van der Waals surface area contributed by atoms with E-state index in [4.69, 9.17) is 12.2 Å². The topological polar surface area (TPSA) is 28.7 Å². The van der Waals surface area contributed by atoms with Crippen LogP contribution >= 0.6 is 28.1 Å². The lowest BCUT2D eigenvalue weighted by Gasteiger charge is -2.12. The fraction of sp³-hybridized carbons (Fsp3) is 0.375. The third kappa shape index (κ3) is 3.55. The molecule has 0 saturated carbocycles. The highest BCUT2D eigenvalue weighted by Gasteiger charge is 2.10. The molecule has 0 aliphatic rings. The smallest absolute Gasteiger partial charge is 0.144 e. The van der Waals surface area contributed by atoms with Gasteiger partial charge >= 0.3 is 0 Å². The Kier molecular flexibility index (Phi) is 4.76. The van der Waals surface area contributed by atoms with Gasteiger partial charge in [-0.15, -0.1) is 0 Å². The van der Waals surface area contributed by atoms with E-state index in [1.165, 1.54) is 16.7 Å². The first kappa shape index (κ1) is 15.4. The van der Waals surface area contributed by atoms with E-state index in [-0.39, 0.29) is 0 Å². The van der Waals surface area contributed by atoms with E-state index in [9.17, 15) is 0 Å². The lowest BCUT2D eigenvalue weighted by Crippen LogP contribution is -2.04. The van der Waals surface area contributed by atoms with Gasteiger partial charge in [0.25, 0.3) is 0 Å². The number of rotatable bonds is 3. The van der Waals surface area contributed by atoms with Gasteiger partial charge in [-0.25, -0.2) is 4.98 Å². The Bertz CT molecular complexity index is 669. The minimum Gasteiger partial charge on any atom is -0.346 e. The standard InChI is InChI=1S/C16H19BrN2S/c1-9(2)15-14(17)16(20)19-13(18-15)8-12-6-10(3)5-11(4)7-12/h5-7,9H,8H2,1-4H3,(H,18,19,20). The molecule has 1 aromatic heterocycles. The summed E-state index contributed by atoms with van der Waals surface area (Å²) in [5.74, 6) is 1.30. The van der Waals surface area contributed by atoms with E-state index in [0.717, 1.165) is 22.4 Å². The number of aromatic nitrogens is 2. The van der Waals surface area contributed by atoms with Crippen LogP contribution in [0.25, 0.3) is 0 Å². The number of halogens is 1. The lowest BCUT2D eigenvalue weighted by molar-refractivity contribution is 0.780. The van der Waals surface area contributed by atoms with E-state index in [0.29, 0.717) is 10.6 Å². The van der Waals surface area contributed by atoms with Crippen LogP contribution in [0.3, 0.4) is 0 Å². The van der Waals surface area contributed by atoms with Crippen molar-refractivity contribution in [2.75, 3.05) is 0 Å². The second-order valence-electron chi connectivity index (χ2n) is 5.54. The molecule has 0 aliphatic heterocycles. The molecule has 0 spiro atoms. The highest BCUT2D eigenvalue weighted by molar-refractivity contribution is 9.10. The summed E-state index contributed by atoms with van der Waals surface area (Å²) in [7, 11) is 0. The molecule has 0 aliphatic carbocycles. The van der Waals surface area contributed by atoms with Crippen LogP contribution in [0.4, 0.5) is 0 Å². The molecule has 0 fully saturated rings. The summed E-state index contributed by atoms with van der Waals surface area (Å²) in [4.78, 5) is 7.90. The van der Waals surface area contributed by atoms with Crippen molar-refractivity contribution in [2.45, 2.75) is 40.0 Å². The molecule has 0 radical (unpaired) electrons. The summed E-state index contributed by atoms with van der Waals surface area (Å²) < 4.78 is 1.54. The Balaban J connectivity index is 2.41. The van der Waals surface area contributed by atoms with Crippen LogP contribution in [0.1, 0.15) is 48.0 Å². The lowest BCUT2D eigenvalue weighted by atomic mass is 10.0. The predicted molar refractivity (Wildman–Crippen MR) is 89.9 cm³/mol. The Labute approximate surface area is 133 Å². The molecule has 2 rings (SSSR count). The average molecular weight is 351 g/mol. The number of nitrogens with one attached hydrogen (secondary N) is 1. The highest BCUT2D eigenvalue weighted by atomic mass is 79.9. The van der Waals surface area contributed by atoms with E-state index in [2.05, 4.69) is 71.8 Å². The van der Waals surface area contributed by atoms with Crippen LogP contribution < -0.4 is 0 Å². The summed E-state index contributed by atoms with van der Waals surface area (Å²) in [5.41, 5.74) is 4.93. The number of H-pyrrole nitrogens is 1. The zero-order chi connectivity index (χ0) is 14.9. The second kappa shape index (κ2) is 6.19. The van der Waals surface area contributed by atoms with Crippen molar-refractivity contribution in [3.8, 4) is 0 Å². The van der Waals surface area contributed by atoms with Gasteiger partial charge in [0.15, 0.2) is 0 Å². The Morgan fingerprint density at radius 2 is 1.80 bits per heavy atom. The van der Waals surface area contributed by atoms with Crippen molar-refractivity contribution < 1.29 is 0 Å². The second-order valence-corrected chi connectivity index (χ2v) is 6.72. The van der Waals surface area contributed by atoms with Gasteiger partial charge in [-0.05, 0) is 41.3 Å². The van der Waals surface area contributed by atoms with E-state index >= 15 is 0 Å². The number of nitrogens with zero attached hydrogens (tertiary/aromatic N) is 1. The zero-order valence-corrected chi connectivity index (χ0v) is 14.7. The molecule has 0 bridgehead atoms. The number of hydrogen-bond donors (Lipinski definition) is 1. The molecule has 4 heteroatoms. The SMILES string of the molecule is Cc1cc(C)cc(Cc2nc(=S)c(Br)c(C(C)C)[nH]2)c1. The summed E-state index contributed by atoms with van der Waals surface area (Å²) in [6.45, 7) is 8.53. The van der Waals surface area contributed by atoms with Crippen molar-refractivity contribution in [1.82, 2.24) is 9.97 Å². The molecule has 2 aromatic rings. The van der Waals surface area contributed by atoms with Crippen molar-refractivity contribution in [3.63, 3.8) is 0 Å². The number of hydrogen-bond acceptors (Lipinski definition) is 2. The molecule has 106 valence electrons. The molecule has 0 amide bonds. The van der Waals surface area contributed by atoms with E-state index < -0.39 is 0 Å². The maximum absolute atomic E-state index is 5.34. The fourth-order valence-electron chi connectivity index (χ4n) is 2.37. The average Bonchev–Trinajstić information content (AvgIpc) is 2.31. The molecule has 1 N–H and O–H groups in total. The first-order valence-electron chi connectivity index (χ1n) is 6.72. The summed E-state index contributed by atoms with van der Waals surface area (Å²) in [6, 6.07) is 6.57. The van der Waals surface area contributed by atoms with Crippen LogP contribution in [0.15, 0.2) is 22.7 Å². The number of aromatic amines is 1. The largest absolute Gasteiger partial charge is 0.346 e. The zero-order valence-electron chi connectivity index (χ0n) is 12.2. The molecule has 2 nitrogen and oxygen atoms in total. The van der Waals surface area contributed by atoms with Gasteiger partial charge in [0.05, 0.1) is 4.47 Å². The minimum atomic E-state index is 0.382. The maximum atomic E-state index is 5.34. The predicted octanol–water partition coefficient (Wildman–Crippen LogP) is 5.23. The van der Waals surface area contributed by atoms with Crippen LogP contribution in [0.2, 0.25) is 0 Å².